The molecule has 0 aliphatic heterocycles. The van der Waals surface area contributed by atoms with Crippen molar-refractivity contribution in [2.45, 2.75) is 20.5 Å². The van der Waals surface area contributed by atoms with Gasteiger partial charge in [-0.25, -0.2) is 4.98 Å². The lowest BCUT2D eigenvalue weighted by molar-refractivity contribution is 0.270. The van der Waals surface area contributed by atoms with E-state index in [9.17, 15) is 10.4 Å². The second-order valence-electron chi connectivity index (χ2n) is 6.01. The smallest absolute Gasteiger partial charge is 0.137 e. The summed E-state index contributed by atoms with van der Waals surface area (Å²) in [5.74, 6) is 1.01. The zero-order valence-corrected chi connectivity index (χ0v) is 14.4. The van der Waals surface area contributed by atoms with Crippen LogP contribution in [0.5, 0.6) is 5.75 Å². The fourth-order valence-electron chi connectivity index (χ4n) is 2.32. The van der Waals surface area contributed by atoms with E-state index in [0.29, 0.717) is 23.8 Å². The molecule has 0 fully saturated rings. The van der Waals surface area contributed by atoms with Crippen LogP contribution in [0.15, 0.2) is 36.4 Å². The van der Waals surface area contributed by atoms with E-state index >= 15 is 0 Å². The molecular weight excluding hydrogens is 320 g/mol. The number of aliphatic hydroxyl groups excluding tert-OH is 1. The minimum absolute atomic E-state index is 0.0175. The van der Waals surface area contributed by atoms with Crippen LogP contribution >= 0.6 is 11.3 Å². The maximum atomic E-state index is 9.39. The van der Waals surface area contributed by atoms with Gasteiger partial charge in [-0.2, -0.15) is 5.26 Å². The molecule has 0 atom stereocenters. The van der Waals surface area contributed by atoms with Crippen LogP contribution in [-0.2, 0) is 6.61 Å². The first kappa shape index (κ1) is 16.4. The van der Waals surface area contributed by atoms with Crippen molar-refractivity contribution in [2.24, 2.45) is 5.92 Å². The molecule has 2 aromatic carbocycles. The Morgan fingerprint density at radius 1 is 1.25 bits per heavy atom. The average Bonchev–Trinajstić information content (AvgIpc) is 3.02. The molecule has 3 rings (SSSR count). The molecule has 0 unspecified atom stereocenters. The Labute approximate surface area is 145 Å². The number of aromatic nitrogens is 1. The number of rotatable bonds is 5. The number of thiazole rings is 1. The molecule has 122 valence electrons. The first-order chi connectivity index (χ1) is 11.6. The number of fused-ring (bicyclic) bond motifs is 1. The minimum Gasteiger partial charge on any atom is -0.492 e. The van der Waals surface area contributed by atoms with Gasteiger partial charge in [0.1, 0.15) is 16.8 Å². The number of hydrogen-bond acceptors (Lipinski definition) is 5. The van der Waals surface area contributed by atoms with Gasteiger partial charge in [0.05, 0.1) is 29.0 Å². The Hall–Kier alpha value is -2.42. The van der Waals surface area contributed by atoms with Gasteiger partial charge in [-0.05, 0) is 41.8 Å². The molecule has 1 N–H and O–H groups in total. The summed E-state index contributed by atoms with van der Waals surface area (Å²) >= 11 is 1.55. The highest BCUT2D eigenvalue weighted by atomic mass is 32.1. The molecule has 4 nitrogen and oxygen atoms in total. The SMILES string of the molecule is CC(C)COc1ccc(-c2nc3ccc(CO)cc3s2)cc1C#N. The van der Waals surface area contributed by atoms with E-state index < -0.39 is 0 Å². The van der Waals surface area contributed by atoms with E-state index in [1.165, 1.54) is 0 Å². The van der Waals surface area contributed by atoms with Gasteiger partial charge in [-0.3, -0.25) is 0 Å². The fourth-order valence-corrected chi connectivity index (χ4v) is 3.35. The van der Waals surface area contributed by atoms with Crippen molar-refractivity contribution in [2.75, 3.05) is 6.61 Å². The summed E-state index contributed by atoms with van der Waals surface area (Å²) < 4.78 is 6.73. The number of nitrogens with zero attached hydrogens (tertiary/aromatic N) is 2. The van der Waals surface area contributed by atoms with E-state index in [-0.39, 0.29) is 6.61 Å². The minimum atomic E-state index is 0.0175. The molecule has 0 saturated carbocycles. The molecule has 0 bridgehead atoms. The Morgan fingerprint density at radius 2 is 2.08 bits per heavy atom. The Bertz CT molecular complexity index is 909. The molecule has 0 aliphatic carbocycles. The van der Waals surface area contributed by atoms with E-state index in [1.807, 2.05) is 36.4 Å². The van der Waals surface area contributed by atoms with E-state index in [2.05, 4.69) is 24.9 Å². The molecule has 0 amide bonds. The monoisotopic (exact) mass is 338 g/mol. The summed E-state index contributed by atoms with van der Waals surface area (Å²) in [6.07, 6.45) is 0. The lowest BCUT2D eigenvalue weighted by atomic mass is 10.1. The highest BCUT2D eigenvalue weighted by Gasteiger charge is 2.11. The number of nitriles is 1. The fraction of sp³-hybridized carbons (Fsp3) is 0.263. The maximum absolute atomic E-state index is 9.39. The maximum Gasteiger partial charge on any atom is 0.137 e. The lowest BCUT2D eigenvalue weighted by Gasteiger charge is -2.10. The summed E-state index contributed by atoms with van der Waals surface area (Å²) in [6, 6.07) is 13.5. The molecule has 0 saturated heterocycles. The van der Waals surface area contributed by atoms with Crippen molar-refractivity contribution in [1.82, 2.24) is 4.98 Å². The molecule has 24 heavy (non-hydrogen) atoms. The van der Waals surface area contributed by atoms with Crippen molar-refractivity contribution < 1.29 is 9.84 Å². The summed E-state index contributed by atoms with van der Waals surface area (Å²) in [4.78, 5) is 4.62. The first-order valence-corrected chi connectivity index (χ1v) is 8.60. The van der Waals surface area contributed by atoms with E-state index in [1.54, 1.807) is 11.3 Å². The van der Waals surface area contributed by atoms with Crippen LogP contribution < -0.4 is 4.74 Å². The highest BCUT2D eigenvalue weighted by Crippen LogP contribution is 2.33. The van der Waals surface area contributed by atoms with Crippen molar-refractivity contribution in [1.29, 1.82) is 5.26 Å². The lowest BCUT2D eigenvalue weighted by Crippen LogP contribution is -2.05. The molecule has 0 radical (unpaired) electrons. The van der Waals surface area contributed by atoms with Gasteiger partial charge in [0.2, 0.25) is 0 Å². The number of ether oxygens (including phenoxy) is 1. The predicted molar refractivity (Wildman–Crippen MR) is 96.0 cm³/mol. The topological polar surface area (TPSA) is 66.1 Å². The summed E-state index contributed by atoms with van der Waals surface area (Å²) in [5.41, 5.74) is 3.18. The second kappa shape index (κ2) is 7.00. The molecule has 5 heteroatoms. The third-order valence-electron chi connectivity index (χ3n) is 3.55. The summed E-state index contributed by atoms with van der Waals surface area (Å²) in [7, 11) is 0. The van der Waals surface area contributed by atoms with Gasteiger partial charge in [0, 0.05) is 5.56 Å². The standard InChI is InChI=1S/C19H18N2O2S/c1-12(2)11-23-17-6-4-14(8-15(17)9-20)19-21-16-5-3-13(10-22)7-18(16)24-19/h3-8,12,22H,10-11H2,1-2H3. The van der Waals surface area contributed by atoms with Crippen LogP contribution in [0.4, 0.5) is 0 Å². The summed E-state index contributed by atoms with van der Waals surface area (Å²) in [5, 5.41) is 19.5. The number of aliphatic hydroxyl groups is 1. The van der Waals surface area contributed by atoms with Gasteiger partial charge < -0.3 is 9.84 Å². The van der Waals surface area contributed by atoms with Gasteiger partial charge in [-0.15, -0.1) is 11.3 Å². The third kappa shape index (κ3) is 3.40. The Balaban J connectivity index is 1.96. The first-order valence-electron chi connectivity index (χ1n) is 7.78. The number of hydrogen-bond donors (Lipinski definition) is 1. The molecule has 1 aromatic heterocycles. The third-order valence-corrected chi connectivity index (χ3v) is 4.62. The van der Waals surface area contributed by atoms with Crippen LogP contribution in [-0.4, -0.2) is 16.7 Å². The predicted octanol–water partition coefficient (Wildman–Crippen LogP) is 4.36. The van der Waals surface area contributed by atoms with E-state index in [4.69, 9.17) is 4.74 Å². The molecule has 1 heterocycles. The van der Waals surface area contributed by atoms with Gasteiger partial charge in [0.25, 0.3) is 0 Å². The largest absolute Gasteiger partial charge is 0.492 e. The van der Waals surface area contributed by atoms with Gasteiger partial charge in [0.15, 0.2) is 0 Å². The van der Waals surface area contributed by atoms with Crippen molar-refractivity contribution in [3.8, 4) is 22.4 Å². The van der Waals surface area contributed by atoms with Crippen LogP contribution in [0, 0.1) is 17.2 Å². The van der Waals surface area contributed by atoms with Gasteiger partial charge >= 0.3 is 0 Å². The van der Waals surface area contributed by atoms with Crippen LogP contribution in [0.2, 0.25) is 0 Å². The zero-order valence-electron chi connectivity index (χ0n) is 13.6. The molecule has 3 aromatic rings. The highest BCUT2D eigenvalue weighted by molar-refractivity contribution is 7.21. The van der Waals surface area contributed by atoms with Gasteiger partial charge in [-0.1, -0.05) is 19.9 Å². The summed E-state index contributed by atoms with van der Waals surface area (Å²) in [6.45, 7) is 4.74. The van der Waals surface area contributed by atoms with E-state index in [0.717, 1.165) is 26.4 Å². The Kier molecular flexibility index (Phi) is 4.79. The average molecular weight is 338 g/mol. The quantitative estimate of drug-likeness (QED) is 0.750. The van der Waals surface area contributed by atoms with Crippen molar-refractivity contribution in [3.05, 3.63) is 47.5 Å². The normalized spacial score (nSPS) is 11.0. The molecular formula is C19H18N2O2S. The second-order valence-corrected chi connectivity index (χ2v) is 7.04. The van der Waals surface area contributed by atoms with Crippen molar-refractivity contribution >= 4 is 21.6 Å². The molecule has 0 aliphatic rings. The number of benzene rings is 2. The van der Waals surface area contributed by atoms with Crippen LogP contribution in [0.3, 0.4) is 0 Å². The van der Waals surface area contributed by atoms with Crippen LogP contribution in [0.1, 0.15) is 25.0 Å². The van der Waals surface area contributed by atoms with Crippen LogP contribution in [0.25, 0.3) is 20.8 Å². The zero-order chi connectivity index (χ0) is 17.1. The Morgan fingerprint density at radius 3 is 2.79 bits per heavy atom. The van der Waals surface area contributed by atoms with Crippen molar-refractivity contribution in [3.63, 3.8) is 0 Å². The molecule has 0 spiro atoms.